The Bertz CT molecular complexity index is 1370. The molecule has 0 unspecified atom stereocenters. The average Bonchev–Trinajstić information content (AvgIpc) is 3.09. The minimum Gasteiger partial charge on any atom is -0.309 e. The monoisotopic (exact) mass is 446 g/mol. The number of nitrogens with one attached hydrogen (secondary N) is 1. The van der Waals surface area contributed by atoms with Crippen molar-refractivity contribution in [1.29, 1.82) is 0 Å². The minimum absolute atomic E-state index is 0.00392. The maximum Gasteiger partial charge on any atom is 0.263 e. The van der Waals surface area contributed by atoms with Gasteiger partial charge in [0, 0.05) is 15.8 Å². The van der Waals surface area contributed by atoms with E-state index in [0.717, 1.165) is 30.5 Å². The van der Waals surface area contributed by atoms with Gasteiger partial charge < -0.3 is 4.98 Å². The Morgan fingerprint density at radius 2 is 1.55 bits per heavy atom. The normalized spacial score (nSPS) is 12.0. The van der Waals surface area contributed by atoms with Crippen molar-refractivity contribution in [3.8, 4) is 0 Å². The molecular formula is C20H22N4O2S3. The van der Waals surface area contributed by atoms with E-state index >= 15 is 0 Å². The lowest BCUT2D eigenvalue weighted by molar-refractivity contribution is 0.519. The largest absolute Gasteiger partial charge is 0.309 e. The second-order valence-electron chi connectivity index (χ2n) is 7.39. The fourth-order valence-electron chi connectivity index (χ4n) is 3.35. The molecule has 9 heteroatoms. The van der Waals surface area contributed by atoms with E-state index in [1.165, 1.54) is 23.1 Å². The summed E-state index contributed by atoms with van der Waals surface area (Å²) in [6.45, 7) is 11.9. The van der Waals surface area contributed by atoms with Gasteiger partial charge in [0.1, 0.15) is 15.5 Å². The van der Waals surface area contributed by atoms with E-state index in [1.807, 2.05) is 41.5 Å². The van der Waals surface area contributed by atoms with Crippen LogP contribution < -0.4 is 11.1 Å². The van der Waals surface area contributed by atoms with Crippen molar-refractivity contribution in [2.75, 3.05) is 0 Å². The van der Waals surface area contributed by atoms with Crippen molar-refractivity contribution >= 4 is 54.9 Å². The molecule has 0 bridgehead atoms. The Labute approximate surface area is 180 Å². The summed E-state index contributed by atoms with van der Waals surface area (Å²) in [4.78, 5) is 41.7. The number of rotatable bonds is 4. The molecule has 0 spiro atoms. The molecule has 0 aliphatic carbocycles. The first-order valence-electron chi connectivity index (χ1n) is 9.33. The van der Waals surface area contributed by atoms with Crippen molar-refractivity contribution in [3.05, 3.63) is 47.4 Å². The number of thioether (sulfide) groups is 1. The number of hydrogen-bond acceptors (Lipinski definition) is 7. The van der Waals surface area contributed by atoms with Gasteiger partial charge in [-0.15, -0.1) is 22.7 Å². The van der Waals surface area contributed by atoms with Crippen LogP contribution in [0, 0.1) is 27.7 Å². The zero-order valence-electron chi connectivity index (χ0n) is 17.2. The van der Waals surface area contributed by atoms with E-state index in [-0.39, 0.29) is 17.2 Å². The van der Waals surface area contributed by atoms with Crippen LogP contribution in [-0.4, -0.2) is 19.5 Å². The molecule has 4 aromatic rings. The fraction of sp³-hybridized carbons (Fsp3) is 0.400. The van der Waals surface area contributed by atoms with Crippen molar-refractivity contribution in [2.24, 2.45) is 0 Å². The van der Waals surface area contributed by atoms with Crippen molar-refractivity contribution in [1.82, 2.24) is 19.5 Å². The highest BCUT2D eigenvalue weighted by Crippen LogP contribution is 2.31. The van der Waals surface area contributed by atoms with Gasteiger partial charge in [-0.3, -0.25) is 14.2 Å². The standard InChI is InChI=1S/C20H22N4O2S3/c1-8(2)24-19(26)15-10(4)12(6)29-18(15)23-20(24)27-7-13-21-16(25)14-9(3)11(5)28-17(14)22-13/h8H,7H2,1-6H3,(H,21,22,25). The first-order chi connectivity index (χ1) is 13.7. The third-order valence-electron chi connectivity index (χ3n) is 5.15. The van der Waals surface area contributed by atoms with Gasteiger partial charge in [-0.25, -0.2) is 9.97 Å². The Morgan fingerprint density at radius 3 is 2.17 bits per heavy atom. The molecule has 0 aliphatic rings. The van der Waals surface area contributed by atoms with E-state index in [2.05, 4.69) is 9.97 Å². The van der Waals surface area contributed by atoms with Crippen molar-refractivity contribution in [2.45, 2.75) is 58.5 Å². The van der Waals surface area contributed by atoms with Crippen LogP contribution in [0.25, 0.3) is 20.4 Å². The van der Waals surface area contributed by atoms with Gasteiger partial charge >= 0.3 is 0 Å². The maximum absolute atomic E-state index is 13.1. The topological polar surface area (TPSA) is 80.6 Å². The average molecular weight is 447 g/mol. The van der Waals surface area contributed by atoms with Crippen molar-refractivity contribution < 1.29 is 0 Å². The summed E-state index contributed by atoms with van der Waals surface area (Å²) < 4.78 is 1.74. The Balaban J connectivity index is 1.77. The molecule has 0 aromatic carbocycles. The van der Waals surface area contributed by atoms with Crippen LogP contribution in [0.3, 0.4) is 0 Å². The summed E-state index contributed by atoms with van der Waals surface area (Å²) in [6.07, 6.45) is 0. The molecule has 152 valence electrons. The van der Waals surface area contributed by atoms with Gasteiger partial charge in [-0.1, -0.05) is 11.8 Å². The zero-order valence-corrected chi connectivity index (χ0v) is 19.6. The molecule has 0 fully saturated rings. The van der Waals surface area contributed by atoms with Crippen LogP contribution in [0.2, 0.25) is 0 Å². The van der Waals surface area contributed by atoms with Gasteiger partial charge in [-0.05, 0) is 52.7 Å². The molecule has 0 atom stereocenters. The van der Waals surface area contributed by atoms with Crippen LogP contribution in [0.5, 0.6) is 0 Å². The first kappa shape index (κ1) is 20.3. The number of fused-ring (bicyclic) bond motifs is 2. The van der Waals surface area contributed by atoms with Gasteiger partial charge in [0.25, 0.3) is 11.1 Å². The summed E-state index contributed by atoms with van der Waals surface area (Å²) in [6, 6.07) is -0.0152. The Morgan fingerprint density at radius 1 is 0.966 bits per heavy atom. The van der Waals surface area contributed by atoms with Crippen LogP contribution in [-0.2, 0) is 5.75 Å². The minimum atomic E-state index is -0.110. The third kappa shape index (κ3) is 3.35. The zero-order chi connectivity index (χ0) is 21.0. The van der Waals surface area contributed by atoms with E-state index < -0.39 is 0 Å². The highest BCUT2D eigenvalue weighted by atomic mass is 32.2. The second kappa shape index (κ2) is 7.37. The number of nitrogens with zero attached hydrogens (tertiary/aromatic N) is 3. The third-order valence-corrected chi connectivity index (χ3v) is 8.31. The molecule has 4 aromatic heterocycles. The van der Waals surface area contributed by atoms with Crippen LogP contribution >= 0.6 is 34.4 Å². The predicted octanol–water partition coefficient (Wildman–Crippen LogP) is 4.86. The number of aromatic amines is 1. The van der Waals surface area contributed by atoms with E-state index in [0.29, 0.717) is 27.5 Å². The molecule has 0 saturated carbocycles. The Kier molecular flexibility index (Phi) is 5.16. The van der Waals surface area contributed by atoms with Gasteiger partial charge in [-0.2, -0.15) is 0 Å². The molecule has 29 heavy (non-hydrogen) atoms. The van der Waals surface area contributed by atoms with Gasteiger partial charge in [0.15, 0.2) is 5.16 Å². The quantitative estimate of drug-likeness (QED) is 0.358. The fourth-order valence-corrected chi connectivity index (χ4v) is 6.46. The number of H-pyrrole nitrogens is 1. The summed E-state index contributed by atoms with van der Waals surface area (Å²) in [5, 5.41) is 2.03. The molecule has 6 nitrogen and oxygen atoms in total. The maximum atomic E-state index is 13.1. The molecule has 0 radical (unpaired) electrons. The molecule has 4 rings (SSSR count). The lowest BCUT2D eigenvalue weighted by Gasteiger charge is -2.15. The lowest BCUT2D eigenvalue weighted by atomic mass is 10.2. The molecular weight excluding hydrogens is 424 g/mol. The highest BCUT2D eigenvalue weighted by molar-refractivity contribution is 7.98. The lowest BCUT2D eigenvalue weighted by Crippen LogP contribution is -2.25. The van der Waals surface area contributed by atoms with E-state index in [1.54, 1.807) is 15.9 Å². The van der Waals surface area contributed by atoms with E-state index in [9.17, 15) is 9.59 Å². The molecule has 1 N–H and O–H groups in total. The molecule has 0 saturated heterocycles. The number of hydrogen-bond donors (Lipinski definition) is 1. The summed E-state index contributed by atoms with van der Waals surface area (Å²) in [5.41, 5.74) is 1.88. The predicted molar refractivity (Wildman–Crippen MR) is 123 cm³/mol. The highest BCUT2D eigenvalue weighted by Gasteiger charge is 2.19. The molecule has 0 amide bonds. The van der Waals surface area contributed by atoms with E-state index in [4.69, 9.17) is 4.98 Å². The number of aryl methyl sites for hydroxylation is 4. The molecule has 4 heterocycles. The summed E-state index contributed by atoms with van der Waals surface area (Å²) in [5.74, 6) is 1.03. The Hall–Kier alpha value is -1.97. The van der Waals surface area contributed by atoms with Crippen LogP contribution in [0.4, 0.5) is 0 Å². The summed E-state index contributed by atoms with van der Waals surface area (Å²) in [7, 11) is 0. The molecule has 0 aliphatic heterocycles. The number of thiophene rings is 2. The second-order valence-corrected chi connectivity index (χ2v) is 10.7. The van der Waals surface area contributed by atoms with Gasteiger partial charge in [0.2, 0.25) is 0 Å². The first-order valence-corrected chi connectivity index (χ1v) is 11.9. The number of aromatic nitrogens is 4. The SMILES string of the molecule is Cc1sc2nc(CSc3nc4sc(C)c(C)c4c(=O)n3C(C)C)[nH]c(=O)c2c1C. The van der Waals surface area contributed by atoms with Gasteiger partial charge in [0.05, 0.1) is 16.5 Å². The smallest absolute Gasteiger partial charge is 0.263 e. The van der Waals surface area contributed by atoms with Crippen molar-refractivity contribution in [3.63, 3.8) is 0 Å². The summed E-state index contributed by atoms with van der Waals surface area (Å²) >= 11 is 4.52. The van der Waals surface area contributed by atoms with Crippen LogP contribution in [0.15, 0.2) is 14.7 Å². The van der Waals surface area contributed by atoms with Crippen LogP contribution in [0.1, 0.15) is 46.6 Å².